The number of rotatable bonds is 46. The minimum Gasteiger partial charge on any atom is -0.457 e. The highest BCUT2D eigenvalue weighted by Crippen LogP contribution is 2.43. The second-order valence-corrected chi connectivity index (χ2v) is 17.4. The van der Waals surface area contributed by atoms with E-state index in [1.54, 1.807) is 0 Å². The first-order valence-electron chi connectivity index (χ1n) is 23.5. The number of esters is 1. The summed E-state index contributed by atoms with van der Waals surface area (Å²) in [6, 6.07) is 0. The zero-order chi connectivity index (χ0) is 39.5. The number of phosphoric ester groups is 1. The molecule has 0 aromatic carbocycles. The zero-order valence-corrected chi connectivity index (χ0v) is 36.9. The number of phosphoric acid groups is 1. The van der Waals surface area contributed by atoms with Crippen LogP contribution < -0.4 is 5.73 Å². The van der Waals surface area contributed by atoms with Crippen LogP contribution in [-0.4, -0.2) is 49.9 Å². The summed E-state index contributed by atoms with van der Waals surface area (Å²) in [5.41, 5.74) is 5.37. The van der Waals surface area contributed by atoms with Crippen molar-refractivity contribution in [1.29, 1.82) is 0 Å². The summed E-state index contributed by atoms with van der Waals surface area (Å²) in [6.45, 7) is 4.98. The molecule has 0 heterocycles. The summed E-state index contributed by atoms with van der Waals surface area (Å²) in [4.78, 5) is 22.5. The molecule has 0 aliphatic rings. The molecule has 0 aromatic rings. The van der Waals surface area contributed by atoms with Crippen LogP contribution in [-0.2, 0) is 27.9 Å². The summed E-state index contributed by atoms with van der Waals surface area (Å²) in [7, 11) is -4.27. The fourth-order valence-electron chi connectivity index (χ4n) is 7.06. The Balaban J connectivity index is 3.83. The van der Waals surface area contributed by atoms with Crippen molar-refractivity contribution in [2.24, 2.45) is 5.73 Å². The van der Waals surface area contributed by atoms with Crippen molar-refractivity contribution in [1.82, 2.24) is 0 Å². The zero-order valence-electron chi connectivity index (χ0n) is 36.0. The van der Waals surface area contributed by atoms with Crippen LogP contribution in [0.1, 0.15) is 245 Å². The van der Waals surface area contributed by atoms with Crippen LogP contribution in [0.25, 0.3) is 0 Å². The Kier molecular flexibility index (Phi) is 43.2. The van der Waals surface area contributed by atoms with Gasteiger partial charge in [0, 0.05) is 19.6 Å². The summed E-state index contributed by atoms with van der Waals surface area (Å²) in [5, 5.41) is 0. The van der Waals surface area contributed by atoms with Crippen LogP contribution in [0.2, 0.25) is 0 Å². The van der Waals surface area contributed by atoms with Gasteiger partial charge >= 0.3 is 13.8 Å². The molecule has 0 amide bonds. The summed E-state index contributed by atoms with van der Waals surface area (Å²) >= 11 is 0. The van der Waals surface area contributed by atoms with Gasteiger partial charge in [-0.25, -0.2) is 4.57 Å². The van der Waals surface area contributed by atoms with Gasteiger partial charge in [-0.2, -0.15) is 0 Å². The topological polar surface area (TPSA) is 117 Å². The monoisotopic (exact) mass is 790 g/mol. The van der Waals surface area contributed by atoms with E-state index in [1.165, 1.54) is 193 Å². The van der Waals surface area contributed by atoms with Crippen molar-refractivity contribution in [3.8, 4) is 0 Å². The maximum atomic E-state index is 12.6. The van der Waals surface area contributed by atoms with E-state index in [0.29, 0.717) is 13.0 Å². The number of ether oxygens (including phenoxy) is 2. The van der Waals surface area contributed by atoms with E-state index in [9.17, 15) is 14.3 Å². The highest BCUT2D eigenvalue weighted by Gasteiger charge is 2.25. The van der Waals surface area contributed by atoms with Crippen molar-refractivity contribution in [3.63, 3.8) is 0 Å². The van der Waals surface area contributed by atoms with Gasteiger partial charge in [-0.3, -0.25) is 13.8 Å². The smallest absolute Gasteiger partial charge is 0.457 e. The third-order valence-corrected chi connectivity index (χ3v) is 11.5. The fraction of sp³-hybridized carbons (Fsp3) is 0.978. The highest BCUT2D eigenvalue weighted by molar-refractivity contribution is 7.47. The molecule has 2 atom stereocenters. The summed E-state index contributed by atoms with van der Waals surface area (Å²) in [6.07, 6.45) is 45.6. The predicted molar refractivity (Wildman–Crippen MR) is 229 cm³/mol. The number of carbonyl (C=O) groups excluding carboxylic acids is 1. The molecule has 0 saturated carbocycles. The second kappa shape index (κ2) is 43.6. The number of unbranched alkanes of at least 4 members (excludes halogenated alkanes) is 33. The Morgan fingerprint density at radius 2 is 0.815 bits per heavy atom. The standard InChI is InChI=1S/C45H92NO7P/c1-3-5-7-9-11-13-15-16-17-18-19-20-21-22-23-24-25-26-27-28-30-32-34-36-38-45(47)53-44(43-52-54(48,49)51-41-39-46)42-50-40-37-35-33-31-29-14-12-10-8-6-4-2/h44H,3-43,46H2,1-2H3,(H,48,49). The minimum atomic E-state index is -4.27. The Hall–Kier alpha value is -0.500. The van der Waals surface area contributed by atoms with Crippen LogP contribution in [0.5, 0.6) is 0 Å². The summed E-state index contributed by atoms with van der Waals surface area (Å²) < 4.78 is 33.4. The van der Waals surface area contributed by atoms with Gasteiger partial charge in [0.1, 0.15) is 6.10 Å². The van der Waals surface area contributed by atoms with Crippen molar-refractivity contribution in [2.75, 3.05) is 33.0 Å². The van der Waals surface area contributed by atoms with Crippen LogP contribution in [0.15, 0.2) is 0 Å². The van der Waals surface area contributed by atoms with E-state index in [2.05, 4.69) is 13.8 Å². The third-order valence-electron chi connectivity index (χ3n) is 10.5. The van der Waals surface area contributed by atoms with E-state index >= 15 is 0 Å². The van der Waals surface area contributed by atoms with Gasteiger partial charge in [0.25, 0.3) is 0 Å². The molecule has 0 rings (SSSR count). The SMILES string of the molecule is CCCCCCCCCCCCCCCCCCCCCCCCCCC(=O)OC(COCCCCCCCCCCCCC)COP(=O)(O)OCCN. The average Bonchev–Trinajstić information content (AvgIpc) is 3.16. The molecule has 9 heteroatoms. The molecule has 0 spiro atoms. The van der Waals surface area contributed by atoms with Crippen molar-refractivity contribution < 1.29 is 32.8 Å². The molecule has 0 fully saturated rings. The molecule has 324 valence electrons. The van der Waals surface area contributed by atoms with Crippen LogP contribution in [0, 0.1) is 0 Å². The van der Waals surface area contributed by atoms with Crippen molar-refractivity contribution in [2.45, 2.75) is 251 Å². The predicted octanol–water partition coefficient (Wildman–Crippen LogP) is 14.1. The molecule has 0 radical (unpaired) electrons. The lowest BCUT2D eigenvalue weighted by Crippen LogP contribution is -2.28. The van der Waals surface area contributed by atoms with E-state index in [1.807, 2.05) is 0 Å². The van der Waals surface area contributed by atoms with Crippen LogP contribution in [0.3, 0.4) is 0 Å². The summed E-state index contributed by atoms with van der Waals surface area (Å²) in [5.74, 6) is -0.323. The maximum absolute atomic E-state index is 12.6. The van der Waals surface area contributed by atoms with Crippen LogP contribution in [0.4, 0.5) is 0 Å². The van der Waals surface area contributed by atoms with Gasteiger partial charge in [-0.15, -0.1) is 0 Å². The largest absolute Gasteiger partial charge is 0.472 e. The van der Waals surface area contributed by atoms with Gasteiger partial charge in [0.15, 0.2) is 0 Å². The van der Waals surface area contributed by atoms with E-state index in [-0.39, 0.29) is 32.3 Å². The fourth-order valence-corrected chi connectivity index (χ4v) is 7.82. The lowest BCUT2D eigenvalue weighted by atomic mass is 10.0. The quantitative estimate of drug-likeness (QED) is 0.0356. The molecule has 0 aliphatic carbocycles. The molecule has 0 bridgehead atoms. The van der Waals surface area contributed by atoms with Crippen molar-refractivity contribution >= 4 is 13.8 Å². The molecular formula is C45H92NO7P. The van der Waals surface area contributed by atoms with Gasteiger partial charge in [0.2, 0.25) is 0 Å². The molecule has 3 N–H and O–H groups in total. The Labute approximate surface area is 335 Å². The molecule has 8 nitrogen and oxygen atoms in total. The number of hydrogen-bond acceptors (Lipinski definition) is 7. The van der Waals surface area contributed by atoms with Crippen molar-refractivity contribution in [3.05, 3.63) is 0 Å². The molecule has 54 heavy (non-hydrogen) atoms. The highest BCUT2D eigenvalue weighted by atomic mass is 31.2. The number of hydrogen-bond donors (Lipinski definition) is 2. The van der Waals surface area contributed by atoms with Gasteiger partial charge in [-0.1, -0.05) is 226 Å². The van der Waals surface area contributed by atoms with Gasteiger partial charge < -0.3 is 20.1 Å². The Morgan fingerprint density at radius 1 is 0.481 bits per heavy atom. The van der Waals surface area contributed by atoms with E-state index in [0.717, 1.165) is 32.1 Å². The molecule has 0 saturated heterocycles. The lowest BCUT2D eigenvalue weighted by molar-refractivity contribution is -0.154. The molecule has 0 aromatic heterocycles. The first kappa shape index (κ1) is 53.5. The lowest BCUT2D eigenvalue weighted by Gasteiger charge is -2.20. The normalized spacial score (nSPS) is 13.3. The average molecular weight is 790 g/mol. The Bertz CT molecular complexity index is 802. The molecular weight excluding hydrogens is 697 g/mol. The Morgan fingerprint density at radius 3 is 1.17 bits per heavy atom. The molecule has 0 aliphatic heterocycles. The second-order valence-electron chi connectivity index (χ2n) is 16.0. The van der Waals surface area contributed by atoms with E-state index < -0.39 is 13.9 Å². The maximum Gasteiger partial charge on any atom is 0.472 e. The minimum absolute atomic E-state index is 0.0901. The number of nitrogens with two attached hydrogens (primary N) is 1. The molecule has 2 unspecified atom stereocenters. The van der Waals surface area contributed by atoms with Crippen LogP contribution >= 0.6 is 7.82 Å². The first-order valence-corrected chi connectivity index (χ1v) is 25.0. The first-order chi connectivity index (χ1) is 26.4. The van der Waals surface area contributed by atoms with E-state index in [4.69, 9.17) is 24.3 Å². The number of carbonyl (C=O) groups is 1. The van der Waals surface area contributed by atoms with Gasteiger partial charge in [-0.05, 0) is 12.8 Å². The third kappa shape index (κ3) is 42.6. The van der Waals surface area contributed by atoms with Gasteiger partial charge in [0.05, 0.1) is 19.8 Å².